The number of nitrogens with zero attached hydrogens (tertiary/aromatic N) is 2. The molecular formula is C15H15N3OS2. The lowest BCUT2D eigenvalue weighted by Crippen LogP contribution is -2.13. The Morgan fingerprint density at radius 2 is 2.00 bits per heavy atom. The van der Waals surface area contributed by atoms with Gasteiger partial charge in [-0.05, 0) is 38.5 Å². The molecule has 4 nitrogen and oxygen atoms in total. The maximum Gasteiger partial charge on any atom is 0.231 e. The molecule has 1 aromatic carbocycles. The second kappa shape index (κ2) is 5.54. The number of fused-ring (bicyclic) bond motifs is 1. The second-order valence-corrected chi connectivity index (χ2v) is 7.28. The average molecular weight is 317 g/mol. The predicted molar refractivity (Wildman–Crippen MR) is 88.3 cm³/mol. The number of anilines is 1. The zero-order valence-corrected chi connectivity index (χ0v) is 13.7. The summed E-state index contributed by atoms with van der Waals surface area (Å²) in [5.74, 6) is -0.0440. The van der Waals surface area contributed by atoms with Gasteiger partial charge in [0, 0.05) is 4.88 Å². The lowest BCUT2D eigenvalue weighted by molar-refractivity contribution is -0.115. The number of aromatic nitrogens is 2. The van der Waals surface area contributed by atoms with Crippen LogP contribution in [0.25, 0.3) is 10.2 Å². The smallest absolute Gasteiger partial charge is 0.231 e. The molecular weight excluding hydrogens is 302 g/mol. The first-order chi connectivity index (χ1) is 10.0. The normalized spacial score (nSPS) is 11.0. The van der Waals surface area contributed by atoms with Crippen LogP contribution in [0.4, 0.5) is 5.13 Å². The van der Waals surface area contributed by atoms with E-state index in [-0.39, 0.29) is 5.91 Å². The van der Waals surface area contributed by atoms with Crippen molar-refractivity contribution < 1.29 is 4.79 Å². The Labute approximate surface area is 130 Å². The summed E-state index contributed by atoms with van der Waals surface area (Å²) in [5.41, 5.74) is 3.05. The average Bonchev–Trinajstić information content (AvgIpc) is 2.91. The first-order valence-corrected chi connectivity index (χ1v) is 8.24. The topological polar surface area (TPSA) is 54.9 Å². The number of hydrogen-bond acceptors (Lipinski definition) is 5. The minimum absolute atomic E-state index is 0.0440. The molecule has 3 aromatic rings. The first kappa shape index (κ1) is 14.2. The molecule has 0 bridgehead atoms. The van der Waals surface area contributed by atoms with Gasteiger partial charge in [0.15, 0.2) is 5.13 Å². The lowest BCUT2D eigenvalue weighted by Gasteiger charge is -1.99. The van der Waals surface area contributed by atoms with Crippen molar-refractivity contribution in [1.82, 2.24) is 9.97 Å². The van der Waals surface area contributed by atoms with Gasteiger partial charge in [-0.3, -0.25) is 4.79 Å². The zero-order chi connectivity index (χ0) is 15.0. The number of carbonyl (C=O) groups is 1. The Kier molecular flexibility index (Phi) is 3.73. The number of rotatable bonds is 3. The number of benzene rings is 1. The van der Waals surface area contributed by atoms with Crippen molar-refractivity contribution in [3.63, 3.8) is 0 Å². The van der Waals surface area contributed by atoms with E-state index in [1.807, 2.05) is 32.9 Å². The van der Waals surface area contributed by atoms with Gasteiger partial charge in [-0.25, -0.2) is 9.97 Å². The molecule has 2 aromatic heterocycles. The van der Waals surface area contributed by atoms with Gasteiger partial charge in [-0.2, -0.15) is 0 Å². The van der Waals surface area contributed by atoms with Gasteiger partial charge < -0.3 is 5.32 Å². The maximum atomic E-state index is 12.1. The summed E-state index contributed by atoms with van der Waals surface area (Å²) >= 11 is 3.08. The maximum absolute atomic E-state index is 12.1. The Morgan fingerprint density at radius 3 is 2.71 bits per heavy atom. The fourth-order valence-electron chi connectivity index (χ4n) is 2.13. The third-order valence-corrected chi connectivity index (χ3v) is 5.12. The monoisotopic (exact) mass is 317 g/mol. The standard InChI is InChI=1S/C15H15N3OS2/c1-8-4-5-11-13(6-8)21-15(17-11)18-14(19)7-12-9(2)16-10(3)20-12/h4-6H,7H2,1-3H3,(H,17,18,19). The minimum atomic E-state index is -0.0440. The van der Waals surface area contributed by atoms with Crippen molar-refractivity contribution in [3.05, 3.63) is 39.3 Å². The largest absolute Gasteiger partial charge is 0.302 e. The summed E-state index contributed by atoms with van der Waals surface area (Å²) in [4.78, 5) is 21.9. The highest BCUT2D eigenvalue weighted by atomic mass is 32.1. The van der Waals surface area contributed by atoms with Crippen LogP contribution in [0.5, 0.6) is 0 Å². The predicted octanol–water partition coefficient (Wildman–Crippen LogP) is 3.86. The molecule has 1 N–H and O–H groups in total. The van der Waals surface area contributed by atoms with Crippen molar-refractivity contribution in [3.8, 4) is 0 Å². The Hall–Kier alpha value is -1.79. The van der Waals surface area contributed by atoms with Gasteiger partial charge >= 0.3 is 0 Å². The van der Waals surface area contributed by atoms with Gasteiger partial charge in [-0.1, -0.05) is 17.4 Å². The number of hydrogen-bond donors (Lipinski definition) is 1. The van der Waals surface area contributed by atoms with Crippen molar-refractivity contribution in [1.29, 1.82) is 0 Å². The van der Waals surface area contributed by atoms with Crippen LogP contribution in [-0.4, -0.2) is 15.9 Å². The Morgan fingerprint density at radius 1 is 1.19 bits per heavy atom. The summed E-state index contributed by atoms with van der Waals surface area (Å²) in [6.07, 6.45) is 0.353. The van der Waals surface area contributed by atoms with E-state index in [1.165, 1.54) is 16.9 Å². The molecule has 0 atom stereocenters. The molecule has 6 heteroatoms. The highest BCUT2D eigenvalue weighted by Crippen LogP contribution is 2.27. The molecule has 0 saturated carbocycles. The van der Waals surface area contributed by atoms with Crippen LogP contribution in [0.2, 0.25) is 0 Å². The van der Waals surface area contributed by atoms with E-state index in [1.54, 1.807) is 11.3 Å². The Balaban J connectivity index is 1.75. The number of nitrogens with one attached hydrogen (secondary N) is 1. The summed E-state index contributed by atoms with van der Waals surface area (Å²) in [6, 6.07) is 6.09. The summed E-state index contributed by atoms with van der Waals surface area (Å²) in [6.45, 7) is 5.94. The SMILES string of the molecule is Cc1ccc2nc(NC(=O)Cc3sc(C)nc3C)sc2c1. The quantitative estimate of drug-likeness (QED) is 0.798. The molecule has 0 aliphatic heterocycles. The van der Waals surface area contributed by atoms with Crippen LogP contribution < -0.4 is 5.32 Å². The summed E-state index contributed by atoms with van der Waals surface area (Å²) < 4.78 is 1.09. The zero-order valence-electron chi connectivity index (χ0n) is 12.1. The molecule has 2 heterocycles. The second-order valence-electron chi connectivity index (χ2n) is 4.96. The van der Waals surface area contributed by atoms with Crippen molar-refractivity contribution in [2.24, 2.45) is 0 Å². The van der Waals surface area contributed by atoms with E-state index in [0.717, 1.165) is 25.8 Å². The minimum Gasteiger partial charge on any atom is -0.302 e. The number of aryl methyl sites for hydroxylation is 3. The lowest BCUT2D eigenvalue weighted by atomic mass is 10.2. The third-order valence-electron chi connectivity index (χ3n) is 3.11. The van der Waals surface area contributed by atoms with Gasteiger partial charge in [0.1, 0.15) is 0 Å². The van der Waals surface area contributed by atoms with E-state index in [4.69, 9.17) is 0 Å². The molecule has 0 radical (unpaired) electrons. The molecule has 108 valence electrons. The highest BCUT2D eigenvalue weighted by molar-refractivity contribution is 7.22. The number of thiazole rings is 2. The third kappa shape index (κ3) is 3.11. The van der Waals surface area contributed by atoms with E-state index in [2.05, 4.69) is 21.4 Å². The molecule has 0 unspecified atom stereocenters. The van der Waals surface area contributed by atoms with E-state index in [0.29, 0.717) is 11.6 Å². The molecule has 0 saturated heterocycles. The first-order valence-electron chi connectivity index (χ1n) is 6.61. The summed E-state index contributed by atoms with van der Waals surface area (Å²) in [5, 5.41) is 4.53. The van der Waals surface area contributed by atoms with Gasteiger partial charge in [0.25, 0.3) is 0 Å². The van der Waals surface area contributed by atoms with Crippen molar-refractivity contribution in [2.45, 2.75) is 27.2 Å². The van der Waals surface area contributed by atoms with Crippen LogP contribution in [0.15, 0.2) is 18.2 Å². The fraction of sp³-hybridized carbons (Fsp3) is 0.267. The van der Waals surface area contributed by atoms with Crippen molar-refractivity contribution in [2.75, 3.05) is 5.32 Å². The van der Waals surface area contributed by atoms with E-state index >= 15 is 0 Å². The molecule has 21 heavy (non-hydrogen) atoms. The number of amides is 1. The molecule has 0 aliphatic carbocycles. The van der Waals surface area contributed by atoms with Gasteiger partial charge in [-0.15, -0.1) is 11.3 Å². The van der Waals surface area contributed by atoms with E-state index < -0.39 is 0 Å². The van der Waals surface area contributed by atoms with E-state index in [9.17, 15) is 4.79 Å². The number of carbonyl (C=O) groups excluding carboxylic acids is 1. The molecule has 0 fully saturated rings. The molecule has 3 rings (SSSR count). The molecule has 0 aliphatic rings. The highest BCUT2D eigenvalue weighted by Gasteiger charge is 2.12. The van der Waals surface area contributed by atoms with Crippen molar-refractivity contribution >= 4 is 43.9 Å². The Bertz CT molecular complexity index is 820. The summed E-state index contributed by atoms with van der Waals surface area (Å²) in [7, 11) is 0. The van der Waals surface area contributed by atoms with Gasteiger partial charge in [0.05, 0.1) is 27.3 Å². The van der Waals surface area contributed by atoms with Crippen LogP contribution in [-0.2, 0) is 11.2 Å². The molecule has 0 spiro atoms. The van der Waals surface area contributed by atoms with Crippen LogP contribution in [0.1, 0.15) is 21.1 Å². The molecule has 1 amide bonds. The fourth-order valence-corrected chi connectivity index (χ4v) is 4.05. The van der Waals surface area contributed by atoms with Crippen LogP contribution in [0.3, 0.4) is 0 Å². The van der Waals surface area contributed by atoms with Gasteiger partial charge in [0.2, 0.25) is 5.91 Å². The van der Waals surface area contributed by atoms with Crippen LogP contribution >= 0.6 is 22.7 Å². The van der Waals surface area contributed by atoms with Crippen LogP contribution in [0, 0.1) is 20.8 Å².